The first-order valence-electron chi connectivity index (χ1n) is 10.6. The smallest absolute Gasteiger partial charge is 0.332 e. The number of H-pyrrole nitrogens is 1. The van der Waals surface area contributed by atoms with Crippen LogP contribution in [-0.4, -0.2) is 33.1 Å². The Bertz CT molecular complexity index is 1610. The third-order valence-corrected chi connectivity index (χ3v) is 6.26. The lowest BCUT2D eigenvalue weighted by atomic mass is 9.85. The number of benzene rings is 2. The number of nitrogens with zero attached hydrogens (tertiary/aromatic N) is 2. The minimum Gasteiger partial charge on any atom is -0.497 e. The maximum absolute atomic E-state index is 13.7. The van der Waals surface area contributed by atoms with E-state index in [1.165, 1.54) is 18.7 Å². The molecule has 9 heteroatoms. The first-order chi connectivity index (χ1) is 16.3. The molecular formula is C25H21N3O6. The molecule has 172 valence electrons. The molecule has 9 nitrogen and oxygen atoms in total. The lowest BCUT2D eigenvalue weighted by Crippen LogP contribution is -2.40. The van der Waals surface area contributed by atoms with Gasteiger partial charge in [-0.3, -0.25) is 23.5 Å². The van der Waals surface area contributed by atoms with E-state index < -0.39 is 28.7 Å². The highest BCUT2D eigenvalue weighted by Crippen LogP contribution is 2.41. The van der Waals surface area contributed by atoms with Crippen LogP contribution in [0.15, 0.2) is 69.0 Å². The number of aromatic nitrogens is 3. The van der Waals surface area contributed by atoms with Crippen LogP contribution in [0, 0.1) is 0 Å². The number of fused-ring (bicyclic) bond motifs is 2. The molecular weight excluding hydrogens is 438 g/mol. The fourth-order valence-corrected chi connectivity index (χ4v) is 4.45. The molecule has 3 heterocycles. The Kier molecular flexibility index (Phi) is 4.97. The molecule has 0 aliphatic carbocycles. The van der Waals surface area contributed by atoms with E-state index in [4.69, 9.17) is 9.47 Å². The van der Waals surface area contributed by atoms with Crippen LogP contribution in [0.1, 0.15) is 27.4 Å². The van der Waals surface area contributed by atoms with Crippen LogP contribution in [0.2, 0.25) is 0 Å². The summed E-state index contributed by atoms with van der Waals surface area (Å²) in [5.41, 5.74) is -0.590. The van der Waals surface area contributed by atoms with E-state index in [1.54, 1.807) is 61.7 Å². The van der Waals surface area contributed by atoms with E-state index in [0.717, 1.165) is 4.57 Å². The maximum atomic E-state index is 13.7. The van der Waals surface area contributed by atoms with Crippen LogP contribution in [0.3, 0.4) is 0 Å². The second-order valence-corrected chi connectivity index (χ2v) is 8.15. The molecule has 1 N–H and O–H groups in total. The second-order valence-electron chi connectivity index (χ2n) is 8.15. The fourth-order valence-electron chi connectivity index (χ4n) is 4.45. The molecule has 0 unspecified atom stereocenters. The summed E-state index contributed by atoms with van der Waals surface area (Å²) in [6, 6.07) is 15.6. The quantitative estimate of drug-likeness (QED) is 0.465. The average molecular weight is 459 g/mol. The number of Topliss-reactive ketones (excluding diaryl/α,β-unsaturated/α-hetero) is 1. The number of carbonyl (C=O) groups is 1. The number of methoxy groups -OCH3 is 1. The third kappa shape index (κ3) is 3.08. The molecule has 1 aliphatic rings. The highest BCUT2D eigenvalue weighted by Gasteiger charge is 2.44. The van der Waals surface area contributed by atoms with Crippen molar-refractivity contribution in [3.63, 3.8) is 0 Å². The number of pyridine rings is 1. The van der Waals surface area contributed by atoms with E-state index >= 15 is 0 Å². The van der Waals surface area contributed by atoms with Crippen molar-refractivity contribution in [1.29, 1.82) is 0 Å². The number of aromatic amines is 1. The lowest BCUT2D eigenvalue weighted by molar-refractivity contribution is 0.0801. The molecule has 0 saturated carbocycles. The zero-order valence-corrected chi connectivity index (χ0v) is 18.7. The Morgan fingerprint density at radius 2 is 1.65 bits per heavy atom. The molecule has 2 aromatic carbocycles. The zero-order valence-electron chi connectivity index (χ0n) is 18.7. The van der Waals surface area contributed by atoms with E-state index in [1.807, 2.05) is 0 Å². The Morgan fingerprint density at radius 1 is 0.971 bits per heavy atom. The topological polar surface area (TPSA) is 112 Å². The molecule has 4 aromatic rings. The molecule has 0 amide bonds. The standard InChI is InChI=1S/C25H21N3O6/c1-27-22-18(24(31)28(2)25(27)32)20(30)17-16(13-9-11-15(33-3)12-10-13)21(34-23(17)26-22)19(29)14-7-5-4-6-8-14/h4-12,16,21H,1-3H3,(H,26,30)/t16-,21-/m0/s1. The van der Waals surface area contributed by atoms with E-state index in [2.05, 4.69) is 4.98 Å². The van der Waals surface area contributed by atoms with Crippen molar-refractivity contribution in [3.05, 3.63) is 102 Å². The van der Waals surface area contributed by atoms with Gasteiger partial charge in [-0.25, -0.2) is 4.79 Å². The number of hydrogen-bond acceptors (Lipinski definition) is 6. The van der Waals surface area contributed by atoms with Gasteiger partial charge in [-0.2, -0.15) is 0 Å². The number of ether oxygens (including phenoxy) is 2. The number of hydrogen-bond donors (Lipinski definition) is 1. The van der Waals surface area contributed by atoms with Crippen LogP contribution >= 0.6 is 0 Å². The van der Waals surface area contributed by atoms with Gasteiger partial charge in [0.2, 0.25) is 17.1 Å². The minimum atomic E-state index is -1.05. The molecule has 0 radical (unpaired) electrons. The van der Waals surface area contributed by atoms with Gasteiger partial charge in [-0.05, 0) is 17.7 Å². The van der Waals surface area contributed by atoms with Crippen LogP contribution in [0.4, 0.5) is 0 Å². The molecule has 0 saturated heterocycles. The van der Waals surface area contributed by atoms with Crippen molar-refractivity contribution < 1.29 is 14.3 Å². The molecule has 0 spiro atoms. The monoisotopic (exact) mass is 459 g/mol. The average Bonchev–Trinajstić information content (AvgIpc) is 3.26. The first-order valence-corrected chi connectivity index (χ1v) is 10.6. The summed E-state index contributed by atoms with van der Waals surface area (Å²) in [5.74, 6) is -0.402. The molecule has 0 fully saturated rings. The van der Waals surface area contributed by atoms with Crippen LogP contribution in [0.5, 0.6) is 11.6 Å². The summed E-state index contributed by atoms with van der Waals surface area (Å²) in [4.78, 5) is 55.4. The van der Waals surface area contributed by atoms with Crippen LogP contribution in [0.25, 0.3) is 11.0 Å². The van der Waals surface area contributed by atoms with Gasteiger partial charge in [0.05, 0.1) is 18.6 Å². The van der Waals surface area contributed by atoms with Gasteiger partial charge in [0.1, 0.15) is 16.8 Å². The van der Waals surface area contributed by atoms with Crippen molar-refractivity contribution in [2.45, 2.75) is 12.0 Å². The summed E-state index contributed by atoms with van der Waals surface area (Å²) in [6.07, 6.45) is -1.05. The van der Waals surface area contributed by atoms with Crippen LogP contribution < -0.4 is 26.2 Å². The molecule has 34 heavy (non-hydrogen) atoms. The zero-order chi connectivity index (χ0) is 24.1. The lowest BCUT2D eigenvalue weighted by Gasteiger charge is -2.18. The summed E-state index contributed by atoms with van der Waals surface area (Å²) >= 11 is 0. The first kappa shape index (κ1) is 21.4. The van der Waals surface area contributed by atoms with Gasteiger partial charge >= 0.3 is 5.69 Å². The Hall–Kier alpha value is -4.40. The molecule has 0 bridgehead atoms. The molecule has 2 atom stereocenters. The van der Waals surface area contributed by atoms with E-state index in [0.29, 0.717) is 16.9 Å². The minimum absolute atomic E-state index is 0.0399. The van der Waals surface area contributed by atoms with E-state index in [9.17, 15) is 19.2 Å². The summed E-state index contributed by atoms with van der Waals surface area (Å²) < 4.78 is 13.3. The molecule has 1 aliphatic heterocycles. The van der Waals surface area contributed by atoms with Gasteiger partial charge in [-0.1, -0.05) is 42.5 Å². The largest absolute Gasteiger partial charge is 0.497 e. The second kappa shape index (κ2) is 7.87. The maximum Gasteiger partial charge on any atom is 0.332 e. The predicted octanol–water partition coefficient (Wildman–Crippen LogP) is 1.71. The number of ketones is 1. The summed E-state index contributed by atoms with van der Waals surface area (Å²) in [6.45, 7) is 0. The third-order valence-electron chi connectivity index (χ3n) is 6.26. The summed E-state index contributed by atoms with van der Waals surface area (Å²) in [5, 5.41) is -0.168. The number of nitrogens with one attached hydrogen (secondary N) is 1. The number of aryl methyl sites for hydroxylation is 1. The highest BCUT2D eigenvalue weighted by atomic mass is 16.5. The van der Waals surface area contributed by atoms with Gasteiger partial charge in [0.25, 0.3) is 5.56 Å². The number of rotatable bonds is 4. The van der Waals surface area contributed by atoms with Crippen LogP contribution in [-0.2, 0) is 14.1 Å². The van der Waals surface area contributed by atoms with Crippen molar-refractivity contribution in [1.82, 2.24) is 14.1 Å². The van der Waals surface area contributed by atoms with E-state index in [-0.39, 0.29) is 28.3 Å². The summed E-state index contributed by atoms with van der Waals surface area (Å²) in [7, 11) is 4.31. The van der Waals surface area contributed by atoms with Crippen molar-refractivity contribution in [2.75, 3.05) is 7.11 Å². The molecule has 5 rings (SSSR count). The van der Waals surface area contributed by atoms with Crippen molar-refractivity contribution in [3.8, 4) is 11.6 Å². The fraction of sp³-hybridized carbons (Fsp3) is 0.200. The number of carbonyl (C=O) groups excluding carboxylic acids is 1. The predicted molar refractivity (Wildman–Crippen MR) is 125 cm³/mol. The van der Waals surface area contributed by atoms with Crippen molar-refractivity contribution >= 4 is 16.8 Å². The van der Waals surface area contributed by atoms with Gasteiger partial charge in [-0.15, -0.1) is 0 Å². The Morgan fingerprint density at radius 3 is 2.29 bits per heavy atom. The Labute approximate surface area is 192 Å². The van der Waals surface area contributed by atoms with Gasteiger partial charge in [0, 0.05) is 19.7 Å². The Balaban J connectivity index is 1.79. The van der Waals surface area contributed by atoms with Gasteiger partial charge < -0.3 is 14.5 Å². The normalized spacial score (nSPS) is 16.8. The SMILES string of the molecule is COc1ccc([C@H]2c3c([nH]c4c(c3=O)c(=O)n(C)c(=O)n4C)O[C@@H]2C(=O)c2ccccc2)cc1. The highest BCUT2D eigenvalue weighted by molar-refractivity contribution is 6.01. The molecule has 2 aromatic heterocycles. The van der Waals surface area contributed by atoms with Crippen molar-refractivity contribution in [2.24, 2.45) is 14.1 Å². The van der Waals surface area contributed by atoms with Gasteiger partial charge in [0.15, 0.2) is 6.10 Å².